The molecule has 5 atom stereocenters. The number of rotatable bonds is 6. The van der Waals surface area contributed by atoms with Gasteiger partial charge in [0.2, 0.25) is 6.29 Å². The van der Waals surface area contributed by atoms with Crippen molar-refractivity contribution in [3.63, 3.8) is 0 Å². The Balaban J connectivity index is 2.17. The summed E-state index contributed by atoms with van der Waals surface area (Å²) in [5.74, 6) is 0.634. The molecule has 134 valence electrons. The zero-order valence-electron chi connectivity index (χ0n) is 13.1. The molecule has 0 amide bonds. The fraction of sp³-hybridized carbons (Fsp3) is 0.500. The molecule has 2 rings (SSSR count). The Bertz CT molecular complexity index is 559. The molecule has 0 spiro atoms. The van der Waals surface area contributed by atoms with Crippen LogP contribution in [-0.4, -0.2) is 70.0 Å². The molecule has 0 saturated carbocycles. The monoisotopic (exact) mass is 342 g/mol. The molecule has 1 aliphatic heterocycles. The van der Waals surface area contributed by atoms with Gasteiger partial charge in [-0.3, -0.25) is 0 Å². The average Bonchev–Trinajstić information content (AvgIpc) is 2.61. The Hall–Kier alpha value is -1.84. The van der Waals surface area contributed by atoms with Gasteiger partial charge in [0.25, 0.3) is 0 Å². The minimum atomic E-state index is -1.51. The molecule has 1 aliphatic rings. The molecule has 1 aromatic rings. The van der Waals surface area contributed by atoms with Gasteiger partial charge in [-0.2, -0.15) is 0 Å². The minimum Gasteiger partial charge on any atom is -0.516 e. The third-order valence-corrected chi connectivity index (χ3v) is 3.78. The molecule has 24 heavy (non-hydrogen) atoms. The van der Waals surface area contributed by atoms with Crippen molar-refractivity contribution in [1.82, 2.24) is 0 Å². The van der Waals surface area contributed by atoms with Gasteiger partial charge in [-0.25, -0.2) is 0 Å². The summed E-state index contributed by atoms with van der Waals surface area (Å²) in [7, 11) is 1.45. The van der Waals surface area contributed by atoms with Crippen molar-refractivity contribution < 1.29 is 39.7 Å². The Kier molecular flexibility index (Phi) is 6.41. The second-order valence-corrected chi connectivity index (χ2v) is 5.39. The molecule has 8 nitrogen and oxygen atoms in total. The number of ether oxygens (including phenoxy) is 3. The standard InChI is InChI=1S/C16H22O8/c1-22-11-7-9(3-2-6-17)4-5-10(11)23-16-15(21)14(20)13(19)12(8-18)24-16/h2,4-7,12-21H,3,8H2,1H3/b6-2+/t12-,13-,14+,15-,16-/m1/s1. The summed E-state index contributed by atoms with van der Waals surface area (Å²) in [4.78, 5) is 0. The zero-order valence-corrected chi connectivity index (χ0v) is 13.1. The van der Waals surface area contributed by atoms with Gasteiger partial charge in [-0.15, -0.1) is 0 Å². The van der Waals surface area contributed by atoms with E-state index in [2.05, 4.69) is 0 Å². The molecule has 0 aromatic heterocycles. The van der Waals surface area contributed by atoms with E-state index in [0.717, 1.165) is 11.8 Å². The molecule has 0 bridgehead atoms. The molecule has 1 aromatic carbocycles. The first-order chi connectivity index (χ1) is 11.5. The Morgan fingerprint density at radius 3 is 2.50 bits per heavy atom. The number of methoxy groups -OCH3 is 1. The van der Waals surface area contributed by atoms with Crippen LogP contribution in [0.3, 0.4) is 0 Å². The second kappa shape index (κ2) is 8.32. The van der Waals surface area contributed by atoms with E-state index in [0.29, 0.717) is 12.2 Å². The number of hydrogen-bond donors (Lipinski definition) is 5. The van der Waals surface area contributed by atoms with Crippen LogP contribution in [0.1, 0.15) is 5.56 Å². The van der Waals surface area contributed by atoms with Gasteiger partial charge in [0, 0.05) is 0 Å². The second-order valence-electron chi connectivity index (χ2n) is 5.39. The highest BCUT2D eigenvalue weighted by atomic mass is 16.7. The summed E-state index contributed by atoms with van der Waals surface area (Å²) < 4.78 is 16.1. The average molecular weight is 342 g/mol. The van der Waals surface area contributed by atoms with Gasteiger partial charge >= 0.3 is 0 Å². The first-order valence-electron chi connectivity index (χ1n) is 7.45. The molecule has 1 saturated heterocycles. The van der Waals surface area contributed by atoms with Crippen LogP contribution < -0.4 is 9.47 Å². The molecule has 0 aliphatic carbocycles. The van der Waals surface area contributed by atoms with E-state index >= 15 is 0 Å². The van der Waals surface area contributed by atoms with Gasteiger partial charge in [-0.1, -0.05) is 6.07 Å². The van der Waals surface area contributed by atoms with Gasteiger partial charge in [-0.05, 0) is 30.2 Å². The molecule has 0 unspecified atom stereocenters. The minimum absolute atomic E-state index is 0.263. The van der Waals surface area contributed by atoms with Crippen LogP contribution in [0.25, 0.3) is 0 Å². The van der Waals surface area contributed by atoms with E-state index in [1.807, 2.05) is 0 Å². The maximum absolute atomic E-state index is 10.00. The summed E-state index contributed by atoms with van der Waals surface area (Å²) in [6.07, 6.45) is -3.78. The normalized spacial score (nSPS) is 30.5. The maximum Gasteiger partial charge on any atom is 0.229 e. The fourth-order valence-corrected chi connectivity index (χ4v) is 2.41. The van der Waals surface area contributed by atoms with Gasteiger partial charge in [0.1, 0.15) is 24.4 Å². The molecular weight excluding hydrogens is 320 g/mol. The summed E-state index contributed by atoms with van der Waals surface area (Å²) >= 11 is 0. The zero-order chi connectivity index (χ0) is 17.7. The van der Waals surface area contributed by atoms with E-state index in [9.17, 15) is 20.4 Å². The number of aliphatic hydroxyl groups excluding tert-OH is 5. The van der Waals surface area contributed by atoms with Crippen LogP contribution in [0.15, 0.2) is 30.5 Å². The van der Waals surface area contributed by atoms with E-state index in [-0.39, 0.29) is 5.75 Å². The number of aliphatic hydroxyl groups is 5. The lowest BCUT2D eigenvalue weighted by atomic mass is 9.99. The van der Waals surface area contributed by atoms with Crippen LogP contribution >= 0.6 is 0 Å². The Morgan fingerprint density at radius 1 is 1.12 bits per heavy atom. The topological polar surface area (TPSA) is 129 Å². The summed E-state index contributed by atoms with van der Waals surface area (Å²) in [5.41, 5.74) is 0.860. The highest BCUT2D eigenvalue weighted by Crippen LogP contribution is 2.32. The lowest BCUT2D eigenvalue weighted by molar-refractivity contribution is -0.277. The van der Waals surface area contributed by atoms with E-state index < -0.39 is 37.3 Å². The first-order valence-corrected chi connectivity index (χ1v) is 7.45. The number of allylic oxidation sites excluding steroid dienone is 1. The number of benzene rings is 1. The summed E-state index contributed by atoms with van der Waals surface area (Å²) in [5, 5.41) is 47.4. The van der Waals surface area contributed by atoms with Gasteiger partial charge < -0.3 is 39.7 Å². The van der Waals surface area contributed by atoms with Crippen molar-refractivity contribution in [2.24, 2.45) is 0 Å². The Labute approximate surface area is 139 Å². The summed E-state index contributed by atoms with van der Waals surface area (Å²) in [6.45, 7) is -0.533. The molecule has 8 heteroatoms. The van der Waals surface area contributed by atoms with E-state index in [1.165, 1.54) is 7.11 Å². The van der Waals surface area contributed by atoms with Crippen LogP contribution in [0.4, 0.5) is 0 Å². The quantitative estimate of drug-likeness (QED) is 0.437. The first kappa shape index (κ1) is 18.5. The maximum atomic E-state index is 10.00. The van der Waals surface area contributed by atoms with Crippen LogP contribution in [-0.2, 0) is 11.2 Å². The van der Waals surface area contributed by atoms with Crippen molar-refractivity contribution in [2.45, 2.75) is 37.1 Å². The van der Waals surface area contributed by atoms with Crippen molar-refractivity contribution in [1.29, 1.82) is 0 Å². The summed E-state index contributed by atoms with van der Waals surface area (Å²) in [6, 6.07) is 5.03. The van der Waals surface area contributed by atoms with E-state index in [4.69, 9.17) is 19.3 Å². The number of hydrogen-bond acceptors (Lipinski definition) is 8. The SMILES string of the molecule is COc1cc(C/C=C/O)ccc1O[C@@H]1O[C@H](CO)[C@@H](O)[C@H](O)[C@H]1O. The highest BCUT2D eigenvalue weighted by molar-refractivity contribution is 5.43. The Morgan fingerprint density at radius 2 is 1.88 bits per heavy atom. The van der Waals surface area contributed by atoms with Crippen LogP contribution in [0.5, 0.6) is 11.5 Å². The fourth-order valence-electron chi connectivity index (χ4n) is 2.41. The molecule has 1 fully saturated rings. The molecule has 0 radical (unpaired) electrons. The van der Waals surface area contributed by atoms with E-state index in [1.54, 1.807) is 24.3 Å². The smallest absolute Gasteiger partial charge is 0.229 e. The molecule has 1 heterocycles. The van der Waals surface area contributed by atoms with Crippen molar-refractivity contribution >= 4 is 0 Å². The molecular formula is C16H22O8. The molecule has 5 N–H and O–H groups in total. The predicted molar refractivity (Wildman–Crippen MR) is 82.9 cm³/mol. The van der Waals surface area contributed by atoms with Crippen molar-refractivity contribution in [2.75, 3.05) is 13.7 Å². The van der Waals surface area contributed by atoms with Crippen molar-refractivity contribution in [3.05, 3.63) is 36.1 Å². The lowest BCUT2D eigenvalue weighted by Crippen LogP contribution is -2.60. The van der Waals surface area contributed by atoms with Crippen LogP contribution in [0, 0.1) is 0 Å². The third-order valence-electron chi connectivity index (χ3n) is 3.78. The van der Waals surface area contributed by atoms with Gasteiger partial charge in [0.15, 0.2) is 11.5 Å². The largest absolute Gasteiger partial charge is 0.516 e. The highest BCUT2D eigenvalue weighted by Gasteiger charge is 2.44. The van der Waals surface area contributed by atoms with Gasteiger partial charge in [0.05, 0.1) is 20.0 Å². The van der Waals surface area contributed by atoms with Crippen LogP contribution in [0.2, 0.25) is 0 Å². The third kappa shape index (κ3) is 3.97. The lowest BCUT2D eigenvalue weighted by Gasteiger charge is -2.39. The predicted octanol–water partition coefficient (Wildman–Crippen LogP) is -0.512. The van der Waals surface area contributed by atoms with Crippen molar-refractivity contribution in [3.8, 4) is 11.5 Å².